The number of benzene rings is 3. The number of nitrogens with zero attached hydrogens (tertiary/aromatic N) is 2. The van der Waals surface area contributed by atoms with E-state index < -0.39 is 20.7 Å². The molecule has 12 heteroatoms. The highest BCUT2D eigenvalue weighted by Crippen LogP contribution is 2.38. The fourth-order valence-corrected chi connectivity index (χ4v) is 3.15. The summed E-state index contributed by atoms with van der Waals surface area (Å²) in [5.41, 5.74) is 9.37. The topological polar surface area (TPSA) is 168 Å². The summed E-state index contributed by atoms with van der Waals surface area (Å²) in [5, 5.41) is 12.5. The molecule has 0 unspecified atom stereocenters. The Morgan fingerprint density at radius 1 is 1.00 bits per heavy atom. The molecule has 30 heavy (non-hydrogen) atoms. The van der Waals surface area contributed by atoms with Crippen LogP contribution < -0.4 is 11.1 Å². The van der Waals surface area contributed by atoms with Crippen molar-refractivity contribution in [2.24, 2.45) is 10.2 Å². The van der Waals surface area contributed by atoms with E-state index in [9.17, 15) is 13.0 Å². The molecule has 3 aromatic carbocycles. The van der Waals surface area contributed by atoms with Gasteiger partial charge in [0.05, 0.1) is 16.3 Å². The van der Waals surface area contributed by atoms with Crippen molar-refractivity contribution in [3.63, 3.8) is 0 Å². The molecule has 0 aliphatic heterocycles. The van der Waals surface area contributed by atoms with Gasteiger partial charge in [-0.25, -0.2) is 0 Å². The number of rotatable bonds is 4. The molecule has 10 nitrogen and oxygen atoms in total. The van der Waals surface area contributed by atoms with Crippen LogP contribution in [0.4, 0.5) is 22.7 Å². The van der Waals surface area contributed by atoms with Crippen molar-refractivity contribution in [1.82, 2.24) is 0 Å². The zero-order valence-electron chi connectivity index (χ0n) is 15.9. The molecule has 0 aliphatic carbocycles. The normalized spacial score (nSPS) is 11.2. The number of hydrogen-bond acceptors (Lipinski definition) is 9. The first-order valence-corrected chi connectivity index (χ1v) is 10.7. The maximum Gasteiger partial charge on any atom is 0.425 e. The van der Waals surface area contributed by atoms with Gasteiger partial charge in [-0.3, -0.25) is 4.55 Å². The highest BCUT2D eigenvalue weighted by molar-refractivity contribution is 7.85. The average molecular weight is 450 g/mol. The van der Waals surface area contributed by atoms with Crippen molar-refractivity contribution in [3.8, 4) is 0 Å². The molecular weight excluding hydrogens is 432 g/mol. The third kappa shape index (κ3) is 5.83. The summed E-state index contributed by atoms with van der Waals surface area (Å²) in [7, 11) is -5.79. The lowest BCUT2D eigenvalue weighted by atomic mass is 10.1. The van der Waals surface area contributed by atoms with Crippen LogP contribution in [0.5, 0.6) is 0 Å². The Labute approximate surface area is 174 Å². The van der Waals surface area contributed by atoms with Gasteiger partial charge in [0.15, 0.2) is 0 Å². The van der Waals surface area contributed by atoms with Gasteiger partial charge in [-0.05, 0) is 42.6 Å². The Balaban J connectivity index is 0.000000735. The van der Waals surface area contributed by atoms with E-state index in [4.69, 9.17) is 18.4 Å². The van der Waals surface area contributed by atoms with Gasteiger partial charge in [0.2, 0.25) is 0 Å². The fraction of sp³-hybridized carbons (Fsp3) is 0.111. The highest BCUT2D eigenvalue weighted by Gasteiger charge is 2.16. The van der Waals surface area contributed by atoms with E-state index in [1.54, 1.807) is 19.2 Å². The molecule has 0 amide bonds. The van der Waals surface area contributed by atoms with Gasteiger partial charge in [-0.2, -0.15) is 13.5 Å². The molecule has 0 fully saturated rings. The number of anilines is 2. The van der Waals surface area contributed by atoms with Crippen molar-refractivity contribution in [1.29, 1.82) is 0 Å². The number of hydrogen-bond donors (Lipinski definition) is 3. The number of nitrogens with two attached hydrogens (primary N) is 1. The zero-order chi connectivity index (χ0) is 22.5. The average Bonchev–Trinajstić information content (AvgIpc) is 2.66. The molecule has 3 aromatic rings. The second kappa shape index (κ2) is 9.43. The first-order chi connectivity index (χ1) is 14.0. The van der Waals surface area contributed by atoms with Gasteiger partial charge >= 0.3 is 10.6 Å². The van der Waals surface area contributed by atoms with Crippen molar-refractivity contribution < 1.29 is 25.6 Å². The van der Waals surface area contributed by atoms with Crippen LogP contribution in [0.3, 0.4) is 0 Å². The van der Waals surface area contributed by atoms with E-state index in [0.29, 0.717) is 33.5 Å². The molecule has 3 rings (SSSR count). The van der Waals surface area contributed by atoms with Crippen molar-refractivity contribution in [2.45, 2.75) is 11.8 Å². The molecule has 0 atom stereocenters. The molecule has 0 spiro atoms. The van der Waals surface area contributed by atoms with E-state index in [2.05, 4.69) is 15.5 Å². The third-order valence-electron chi connectivity index (χ3n) is 3.98. The molecule has 0 saturated heterocycles. The van der Waals surface area contributed by atoms with Gasteiger partial charge in [0.25, 0.3) is 10.1 Å². The van der Waals surface area contributed by atoms with Crippen molar-refractivity contribution in [3.05, 3.63) is 54.1 Å². The van der Waals surface area contributed by atoms with Crippen LogP contribution >= 0.6 is 0 Å². The summed E-state index contributed by atoms with van der Waals surface area (Å²) < 4.78 is 57.5. The Bertz CT molecular complexity index is 1310. The Kier molecular flexibility index (Phi) is 7.21. The first kappa shape index (κ1) is 22.9. The van der Waals surface area contributed by atoms with Gasteiger partial charge in [0.1, 0.15) is 5.69 Å². The fourth-order valence-electron chi connectivity index (χ4n) is 2.61. The summed E-state index contributed by atoms with van der Waals surface area (Å²) >= 11 is 0. The largest absolute Gasteiger partial charge is 0.425 e. The molecule has 0 bridgehead atoms. The number of nitrogen functional groups attached to an aromatic ring is 1. The van der Waals surface area contributed by atoms with E-state index in [0.717, 1.165) is 5.56 Å². The maximum absolute atomic E-state index is 11.4. The van der Waals surface area contributed by atoms with E-state index in [1.807, 2.05) is 31.2 Å². The predicted octanol–water partition coefficient (Wildman–Crippen LogP) is 3.43. The second-order valence-electron chi connectivity index (χ2n) is 6.03. The van der Waals surface area contributed by atoms with Crippen molar-refractivity contribution >= 4 is 54.2 Å². The SMILES string of the molecule is CNc1cc(S(=O)(=O)O)cc2ccc(N=Nc3ccc(C)cc3)c(N)c12.O=S(=O)=O. The standard InChI is InChI=1S/C18H18N4O3S.O3S/c1-11-3-6-13(7-4-11)21-22-15-8-5-12-9-14(26(23,24)25)10-16(20-2)17(12)18(15)19;1-4(2)3/h3-10,20H,19H2,1-2H3,(H,23,24,25);. The van der Waals surface area contributed by atoms with Gasteiger partial charge < -0.3 is 11.1 Å². The van der Waals surface area contributed by atoms with E-state index >= 15 is 0 Å². The second-order valence-corrected chi connectivity index (χ2v) is 7.86. The predicted molar refractivity (Wildman–Crippen MR) is 113 cm³/mol. The Morgan fingerprint density at radius 2 is 1.60 bits per heavy atom. The van der Waals surface area contributed by atoms with Gasteiger partial charge in [0, 0.05) is 18.1 Å². The quantitative estimate of drug-likeness (QED) is 0.308. The van der Waals surface area contributed by atoms with Crippen LogP contribution in [-0.4, -0.2) is 32.6 Å². The smallest absolute Gasteiger partial charge is 0.396 e. The number of aryl methyl sites for hydroxylation is 1. The lowest BCUT2D eigenvalue weighted by Gasteiger charge is -2.12. The minimum atomic E-state index is -4.32. The number of azo groups is 1. The van der Waals surface area contributed by atoms with Gasteiger partial charge in [-0.15, -0.1) is 17.7 Å². The highest BCUT2D eigenvalue weighted by atomic mass is 32.2. The zero-order valence-corrected chi connectivity index (χ0v) is 17.5. The number of fused-ring (bicyclic) bond motifs is 1. The molecular formula is C18H18N4O6S2. The maximum atomic E-state index is 11.4. The Morgan fingerprint density at radius 3 is 2.13 bits per heavy atom. The summed E-state index contributed by atoms with van der Waals surface area (Å²) in [6.07, 6.45) is 0. The van der Waals surface area contributed by atoms with E-state index in [-0.39, 0.29) is 4.90 Å². The van der Waals surface area contributed by atoms with E-state index in [1.165, 1.54) is 12.1 Å². The van der Waals surface area contributed by atoms with Gasteiger partial charge in [-0.1, -0.05) is 23.8 Å². The Hall–Kier alpha value is -3.35. The third-order valence-corrected chi connectivity index (χ3v) is 4.81. The molecule has 0 heterocycles. The summed E-state index contributed by atoms with van der Waals surface area (Å²) in [4.78, 5) is -0.206. The molecule has 158 valence electrons. The van der Waals surface area contributed by atoms with Crippen LogP contribution in [0, 0.1) is 6.92 Å². The van der Waals surface area contributed by atoms with Crippen molar-refractivity contribution in [2.75, 3.05) is 18.1 Å². The summed E-state index contributed by atoms with van der Waals surface area (Å²) in [5.74, 6) is 0. The molecule has 0 radical (unpaired) electrons. The van der Waals surface area contributed by atoms with Crippen LogP contribution in [0.15, 0.2) is 63.7 Å². The first-order valence-electron chi connectivity index (χ1n) is 8.29. The van der Waals surface area contributed by atoms with Crippen LogP contribution in [-0.2, 0) is 20.7 Å². The lowest BCUT2D eigenvalue weighted by Crippen LogP contribution is -2.01. The minimum Gasteiger partial charge on any atom is -0.396 e. The van der Waals surface area contributed by atoms with Crippen LogP contribution in [0.2, 0.25) is 0 Å². The molecule has 0 aliphatic rings. The summed E-state index contributed by atoms with van der Waals surface area (Å²) in [6.45, 7) is 1.99. The number of nitrogens with one attached hydrogen (secondary N) is 1. The minimum absolute atomic E-state index is 0.206. The molecule has 4 N–H and O–H groups in total. The van der Waals surface area contributed by atoms with Crippen LogP contribution in [0.25, 0.3) is 10.8 Å². The lowest BCUT2D eigenvalue weighted by molar-refractivity contribution is 0.483. The molecule has 0 aromatic heterocycles. The monoisotopic (exact) mass is 450 g/mol. The van der Waals surface area contributed by atoms with Crippen LogP contribution in [0.1, 0.15) is 5.56 Å². The summed E-state index contributed by atoms with van der Waals surface area (Å²) in [6, 6.07) is 13.6. The molecule has 0 saturated carbocycles.